The van der Waals surface area contributed by atoms with Crippen molar-refractivity contribution in [2.24, 2.45) is 5.92 Å². The van der Waals surface area contributed by atoms with Crippen LogP contribution >= 0.6 is 0 Å². The number of aromatic nitrogens is 3. The molecule has 0 spiro atoms. The summed E-state index contributed by atoms with van der Waals surface area (Å²) < 4.78 is 2.14. The lowest BCUT2D eigenvalue weighted by atomic mass is 10.2. The van der Waals surface area contributed by atoms with Crippen LogP contribution < -0.4 is 5.73 Å². The molecule has 2 heterocycles. The number of imidazole rings is 1. The second-order valence-electron chi connectivity index (χ2n) is 4.30. The van der Waals surface area contributed by atoms with Crippen LogP contribution in [0.4, 0.5) is 5.82 Å². The maximum Gasteiger partial charge on any atom is 0.123 e. The van der Waals surface area contributed by atoms with Crippen LogP contribution in [0.15, 0.2) is 30.9 Å². The molecule has 0 bridgehead atoms. The van der Waals surface area contributed by atoms with E-state index in [0.717, 1.165) is 17.8 Å². The van der Waals surface area contributed by atoms with Gasteiger partial charge in [0.25, 0.3) is 0 Å². The maximum absolute atomic E-state index is 5.57. The molecule has 2 aromatic heterocycles. The second kappa shape index (κ2) is 4.35. The SMILES string of the molecule is CC(C)Cn1cncc1-c1ccc(N)nc1. The first-order valence-electron chi connectivity index (χ1n) is 5.39. The van der Waals surface area contributed by atoms with Crippen LogP contribution in [0.25, 0.3) is 11.3 Å². The molecule has 0 fully saturated rings. The minimum absolute atomic E-state index is 0.540. The highest BCUT2D eigenvalue weighted by molar-refractivity contribution is 5.59. The van der Waals surface area contributed by atoms with E-state index in [4.69, 9.17) is 5.73 Å². The summed E-state index contributed by atoms with van der Waals surface area (Å²) in [6, 6.07) is 3.78. The molecule has 4 nitrogen and oxygen atoms in total. The standard InChI is InChI=1S/C12H16N4/c1-9(2)7-16-8-14-6-11(16)10-3-4-12(13)15-5-10/h3-6,8-9H,7H2,1-2H3,(H2,13,15). The molecule has 4 heteroatoms. The van der Waals surface area contributed by atoms with E-state index in [1.807, 2.05) is 24.7 Å². The van der Waals surface area contributed by atoms with Gasteiger partial charge in [-0.25, -0.2) is 9.97 Å². The van der Waals surface area contributed by atoms with Gasteiger partial charge in [-0.2, -0.15) is 0 Å². The van der Waals surface area contributed by atoms with Gasteiger partial charge >= 0.3 is 0 Å². The first kappa shape index (κ1) is 10.7. The van der Waals surface area contributed by atoms with Crippen LogP contribution in [-0.4, -0.2) is 14.5 Å². The van der Waals surface area contributed by atoms with Crippen molar-refractivity contribution in [1.82, 2.24) is 14.5 Å². The number of anilines is 1. The minimum Gasteiger partial charge on any atom is -0.384 e. The molecule has 16 heavy (non-hydrogen) atoms. The lowest BCUT2D eigenvalue weighted by Gasteiger charge is -2.10. The molecular formula is C12H16N4. The second-order valence-corrected chi connectivity index (χ2v) is 4.30. The summed E-state index contributed by atoms with van der Waals surface area (Å²) in [7, 11) is 0. The molecule has 0 saturated carbocycles. The summed E-state index contributed by atoms with van der Waals surface area (Å²) in [5, 5.41) is 0. The zero-order valence-electron chi connectivity index (χ0n) is 9.59. The van der Waals surface area contributed by atoms with E-state index in [1.165, 1.54) is 0 Å². The van der Waals surface area contributed by atoms with E-state index in [1.54, 1.807) is 6.20 Å². The Morgan fingerprint density at radius 3 is 2.75 bits per heavy atom. The zero-order chi connectivity index (χ0) is 11.5. The fourth-order valence-corrected chi connectivity index (χ4v) is 1.66. The smallest absolute Gasteiger partial charge is 0.123 e. The van der Waals surface area contributed by atoms with E-state index in [2.05, 4.69) is 28.4 Å². The lowest BCUT2D eigenvalue weighted by molar-refractivity contribution is 0.526. The predicted molar refractivity (Wildman–Crippen MR) is 64.7 cm³/mol. The largest absolute Gasteiger partial charge is 0.384 e. The predicted octanol–water partition coefficient (Wildman–Crippen LogP) is 2.18. The molecule has 0 saturated heterocycles. The highest BCUT2D eigenvalue weighted by atomic mass is 15.0. The molecule has 0 aliphatic carbocycles. The summed E-state index contributed by atoms with van der Waals surface area (Å²) in [6.45, 7) is 5.33. The monoisotopic (exact) mass is 216 g/mol. The van der Waals surface area contributed by atoms with Gasteiger partial charge in [0.1, 0.15) is 5.82 Å². The first-order valence-corrected chi connectivity index (χ1v) is 5.39. The van der Waals surface area contributed by atoms with Gasteiger partial charge < -0.3 is 10.3 Å². The number of rotatable bonds is 3. The third kappa shape index (κ3) is 2.21. The average molecular weight is 216 g/mol. The van der Waals surface area contributed by atoms with Crippen LogP contribution in [0.5, 0.6) is 0 Å². The van der Waals surface area contributed by atoms with Gasteiger partial charge in [-0.05, 0) is 18.1 Å². The third-order valence-electron chi connectivity index (χ3n) is 2.36. The summed E-state index contributed by atoms with van der Waals surface area (Å²) in [5.41, 5.74) is 7.70. The summed E-state index contributed by atoms with van der Waals surface area (Å²) in [5.74, 6) is 1.13. The fourth-order valence-electron chi connectivity index (χ4n) is 1.66. The van der Waals surface area contributed by atoms with E-state index in [-0.39, 0.29) is 0 Å². The molecule has 0 atom stereocenters. The van der Waals surface area contributed by atoms with Gasteiger partial charge in [0.15, 0.2) is 0 Å². The Labute approximate surface area is 95.1 Å². The third-order valence-corrected chi connectivity index (χ3v) is 2.36. The highest BCUT2D eigenvalue weighted by Crippen LogP contribution is 2.19. The molecule has 0 unspecified atom stereocenters. The van der Waals surface area contributed by atoms with E-state index in [9.17, 15) is 0 Å². The number of hydrogen-bond acceptors (Lipinski definition) is 3. The topological polar surface area (TPSA) is 56.7 Å². The van der Waals surface area contributed by atoms with Crippen LogP contribution in [0.2, 0.25) is 0 Å². The quantitative estimate of drug-likeness (QED) is 0.855. The number of nitrogens with zero attached hydrogens (tertiary/aromatic N) is 3. The molecule has 0 aromatic carbocycles. The van der Waals surface area contributed by atoms with Crippen molar-refractivity contribution in [3.63, 3.8) is 0 Å². The van der Waals surface area contributed by atoms with Gasteiger partial charge in [0, 0.05) is 18.3 Å². The molecule has 0 aliphatic rings. The van der Waals surface area contributed by atoms with Crippen molar-refractivity contribution in [2.75, 3.05) is 5.73 Å². The average Bonchev–Trinajstić information content (AvgIpc) is 2.66. The Hall–Kier alpha value is -1.84. The molecule has 0 radical (unpaired) electrons. The van der Waals surface area contributed by atoms with Crippen LogP contribution in [-0.2, 0) is 6.54 Å². The fraction of sp³-hybridized carbons (Fsp3) is 0.333. The van der Waals surface area contributed by atoms with E-state index < -0.39 is 0 Å². The Bertz CT molecular complexity index is 456. The Morgan fingerprint density at radius 2 is 2.12 bits per heavy atom. The normalized spacial score (nSPS) is 10.9. The van der Waals surface area contributed by atoms with E-state index in [0.29, 0.717) is 11.7 Å². The van der Waals surface area contributed by atoms with Crippen LogP contribution in [0, 0.1) is 5.92 Å². The van der Waals surface area contributed by atoms with Crippen LogP contribution in [0.3, 0.4) is 0 Å². The summed E-state index contributed by atoms with van der Waals surface area (Å²) >= 11 is 0. The Balaban J connectivity index is 2.33. The lowest BCUT2D eigenvalue weighted by Crippen LogP contribution is -2.04. The minimum atomic E-state index is 0.540. The van der Waals surface area contributed by atoms with Crippen molar-refractivity contribution in [3.8, 4) is 11.3 Å². The van der Waals surface area contributed by atoms with E-state index >= 15 is 0 Å². The maximum atomic E-state index is 5.57. The van der Waals surface area contributed by atoms with Crippen molar-refractivity contribution in [3.05, 3.63) is 30.9 Å². The molecule has 2 aromatic rings. The van der Waals surface area contributed by atoms with Crippen molar-refractivity contribution < 1.29 is 0 Å². The number of pyridine rings is 1. The molecule has 0 aliphatic heterocycles. The first-order chi connectivity index (χ1) is 7.66. The van der Waals surface area contributed by atoms with Crippen molar-refractivity contribution in [1.29, 1.82) is 0 Å². The Morgan fingerprint density at radius 1 is 1.31 bits per heavy atom. The number of nitrogens with two attached hydrogens (primary N) is 1. The molecule has 0 amide bonds. The highest BCUT2D eigenvalue weighted by Gasteiger charge is 2.06. The summed E-state index contributed by atoms with van der Waals surface area (Å²) in [6.07, 6.45) is 5.49. The van der Waals surface area contributed by atoms with Gasteiger partial charge in [-0.3, -0.25) is 0 Å². The van der Waals surface area contributed by atoms with Gasteiger partial charge in [0.2, 0.25) is 0 Å². The number of nitrogen functional groups attached to an aromatic ring is 1. The van der Waals surface area contributed by atoms with Gasteiger partial charge in [0.05, 0.1) is 18.2 Å². The molecular weight excluding hydrogens is 200 g/mol. The number of hydrogen-bond donors (Lipinski definition) is 1. The molecule has 2 N–H and O–H groups in total. The summed E-state index contributed by atoms with van der Waals surface area (Å²) in [4.78, 5) is 8.27. The van der Waals surface area contributed by atoms with Gasteiger partial charge in [-0.15, -0.1) is 0 Å². The zero-order valence-corrected chi connectivity index (χ0v) is 9.59. The van der Waals surface area contributed by atoms with Crippen molar-refractivity contribution >= 4 is 5.82 Å². The molecule has 84 valence electrons. The van der Waals surface area contributed by atoms with Gasteiger partial charge in [-0.1, -0.05) is 13.8 Å². The van der Waals surface area contributed by atoms with Crippen molar-refractivity contribution in [2.45, 2.75) is 20.4 Å². The Kier molecular flexibility index (Phi) is 2.90. The van der Waals surface area contributed by atoms with Crippen LogP contribution in [0.1, 0.15) is 13.8 Å². The molecule has 2 rings (SSSR count).